The predicted octanol–water partition coefficient (Wildman–Crippen LogP) is 3.59. The van der Waals surface area contributed by atoms with Crippen LogP contribution in [0.5, 0.6) is 0 Å². The minimum Gasteiger partial charge on any atom is -0.315 e. The summed E-state index contributed by atoms with van der Waals surface area (Å²) in [6.45, 7) is 9.84. The first kappa shape index (κ1) is 14.5. The van der Waals surface area contributed by atoms with Gasteiger partial charge in [-0.15, -0.1) is 11.8 Å². The Hall–Kier alpha value is -0.480. The van der Waals surface area contributed by atoms with Crippen LogP contribution in [0.15, 0.2) is 0 Å². The summed E-state index contributed by atoms with van der Waals surface area (Å²) in [4.78, 5) is 0. The molecule has 1 N–H and O–H groups in total. The van der Waals surface area contributed by atoms with Gasteiger partial charge in [-0.25, -0.2) is 0 Å². The van der Waals surface area contributed by atoms with Gasteiger partial charge in [0.15, 0.2) is 0 Å². The second kappa shape index (κ2) is 10.1. The van der Waals surface area contributed by atoms with Crippen LogP contribution in [0.2, 0.25) is 0 Å². The lowest BCUT2D eigenvalue weighted by atomic mass is 10.1. The summed E-state index contributed by atoms with van der Waals surface area (Å²) in [6, 6.07) is 0.627. The molecule has 15 heavy (non-hydrogen) atoms. The van der Waals surface area contributed by atoms with E-state index in [9.17, 15) is 0 Å². The minimum absolute atomic E-state index is 0.528. The zero-order valence-electron chi connectivity index (χ0n) is 10.9. The van der Waals surface area contributed by atoms with E-state index in [1.807, 2.05) is 0 Å². The highest BCUT2D eigenvalue weighted by Gasteiger charge is 1.92. The van der Waals surface area contributed by atoms with Crippen molar-refractivity contribution in [3.05, 3.63) is 0 Å². The van der Waals surface area contributed by atoms with E-state index in [2.05, 4.69) is 44.9 Å². The molecule has 0 aliphatic heterocycles. The molecule has 0 spiro atoms. The molecular formula is C14H27N. The van der Waals surface area contributed by atoms with Crippen molar-refractivity contribution >= 4 is 0 Å². The molecule has 0 saturated carbocycles. The van der Waals surface area contributed by atoms with Gasteiger partial charge in [-0.2, -0.15) is 0 Å². The number of rotatable bonds is 7. The average Bonchev–Trinajstić information content (AvgIpc) is 2.14. The Bertz CT molecular complexity index is 183. The number of hydrogen-bond acceptors (Lipinski definition) is 1. The number of unbranched alkanes of at least 4 members (excludes halogenated alkanes) is 4. The summed E-state index contributed by atoms with van der Waals surface area (Å²) in [5.41, 5.74) is 0. The first-order valence-corrected chi connectivity index (χ1v) is 6.34. The fraction of sp³-hybridized carbons (Fsp3) is 0.857. The van der Waals surface area contributed by atoms with E-state index in [1.165, 1.54) is 25.7 Å². The fourth-order valence-electron chi connectivity index (χ4n) is 1.36. The first-order chi connectivity index (χ1) is 7.13. The molecule has 0 unspecified atom stereocenters. The molecule has 0 saturated heterocycles. The number of hydrogen-bond donors (Lipinski definition) is 1. The normalized spacial score (nSPS) is 10.5. The van der Waals surface area contributed by atoms with Gasteiger partial charge in [-0.1, -0.05) is 40.5 Å². The molecule has 1 nitrogen and oxygen atoms in total. The molecule has 0 rings (SSSR count). The van der Waals surface area contributed by atoms with E-state index in [1.54, 1.807) is 0 Å². The molecule has 0 fully saturated rings. The van der Waals surface area contributed by atoms with Gasteiger partial charge in [0.05, 0.1) is 0 Å². The van der Waals surface area contributed by atoms with Crippen molar-refractivity contribution in [2.45, 2.75) is 65.8 Å². The summed E-state index contributed by atoms with van der Waals surface area (Å²) < 4.78 is 0. The first-order valence-electron chi connectivity index (χ1n) is 6.34. The molecule has 1 heteroatoms. The maximum atomic E-state index is 3.43. The van der Waals surface area contributed by atoms with Crippen LogP contribution in [0, 0.1) is 17.8 Å². The maximum Gasteiger partial charge on any atom is 0.0146 e. The molecular weight excluding hydrogens is 182 g/mol. The summed E-state index contributed by atoms with van der Waals surface area (Å²) >= 11 is 0. The van der Waals surface area contributed by atoms with E-state index >= 15 is 0 Å². The second-order valence-electron chi connectivity index (χ2n) is 4.75. The topological polar surface area (TPSA) is 12.0 Å². The zero-order chi connectivity index (χ0) is 11.5. The zero-order valence-corrected chi connectivity index (χ0v) is 10.9. The lowest BCUT2D eigenvalue weighted by molar-refractivity contribution is 0.543. The Balaban J connectivity index is 3.10. The van der Waals surface area contributed by atoms with Crippen LogP contribution in [-0.2, 0) is 0 Å². The monoisotopic (exact) mass is 209 g/mol. The third kappa shape index (κ3) is 13.5. The highest BCUT2D eigenvalue weighted by atomic mass is 14.9. The van der Waals surface area contributed by atoms with E-state index in [0.717, 1.165) is 13.0 Å². The molecule has 0 aliphatic rings. The standard InChI is InChI=1S/C14H27N/c1-13(2)11-9-7-5-6-8-10-12-15-14(3)4/h13-15H,5-8,10,12H2,1-4H3. The maximum absolute atomic E-state index is 3.43. The molecule has 88 valence electrons. The Morgan fingerprint density at radius 1 is 0.933 bits per heavy atom. The second-order valence-corrected chi connectivity index (χ2v) is 4.75. The number of nitrogens with one attached hydrogen (secondary N) is 1. The summed E-state index contributed by atoms with van der Waals surface area (Å²) in [5.74, 6) is 6.96. The van der Waals surface area contributed by atoms with Gasteiger partial charge in [-0.3, -0.25) is 0 Å². The fourth-order valence-corrected chi connectivity index (χ4v) is 1.36. The Kier molecular flexibility index (Phi) is 9.73. The van der Waals surface area contributed by atoms with Crippen molar-refractivity contribution in [2.75, 3.05) is 6.54 Å². The van der Waals surface area contributed by atoms with Crippen LogP contribution >= 0.6 is 0 Å². The van der Waals surface area contributed by atoms with Crippen molar-refractivity contribution in [3.63, 3.8) is 0 Å². The molecule has 0 aromatic carbocycles. The largest absolute Gasteiger partial charge is 0.315 e. The quantitative estimate of drug-likeness (QED) is 0.499. The summed E-state index contributed by atoms with van der Waals surface area (Å²) in [5, 5.41) is 3.43. The highest BCUT2D eigenvalue weighted by Crippen LogP contribution is 2.02. The molecule has 0 bridgehead atoms. The SMILES string of the molecule is CC(C)C#CCCCCCCNC(C)C. The molecule has 0 atom stereocenters. The Morgan fingerprint density at radius 3 is 2.20 bits per heavy atom. The molecule has 0 aliphatic carbocycles. The van der Waals surface area contributed by atoms with Crippen LogP contribution in [-0.4, -0.2) is 12.6 Å². The third-order valence-corrected chi connectivity index (χ3v) is 2.17. The van der Waals surface area contributed by atoms with Crippen molar-refractivity contribution in [1.29, 1.82) is 0 Å². The average molecular weight is 209 g/mol. The smallest absolute Gasteiger partial charge is 0.0146 e. The van der Waals surface area contributed by atoms with Crippen LogP contribution in [0.1, 0.15) is 59.8 Å². The van der Waals surface area contributed by atoms with E-state index in [4.69, 9.17) is 0 Å². The van der Waals surface area contributed by atoms with Crippen LogP contribution < -0.4 is 5.32 Å². The van der Waals surface area contributed by atoms with Gasteiger partial charge in [0.25, 0.3) is 0 Å². The molecule has 0 aromatic heterocycles. The summed E-state index contributed by atoms with van der Waals surface area (Å²) in [7, 11) is 0. The van der Waals surface area contributed by atoms with Gasteiger partial charge in [0.1, 0.15) is 0 Å². The van der Waals surface area contributed by atoms with Crippen LogP contribution in [0.25, 0.3) is 0 Å². The van der Waals surface area contributed by atoms with Crippen molar-refractivity contribution in [3.8, 4) is 11.8 Å². The Labute approximate surface area is 96.0 Å². The molecule has 0 heterocycles. The highest BCUT2D eigenvalue weighted by molar-refractivity contribution is 5.00. The van der Waals surface area contributed by atoms with E-state index in [-0.39, 0.29) is 0 Å². The van der Waals surface area contributed by atoms with Gasteiger partial charge in [0, 0.05) is 18.4 Å². The van der Waals surface area contributed by atoms with Gasteiger partial charge in [0.2, 0.25) is 0 Å². The van der Waals surface area contributed by atoms with Gasteiger partial charge >= 0.3 is 0 Å². The van der Waals surface area contributed by atoms with Crippen molar-refractivity contribution in [2.24, 2.45) is 5.92 Å². The Morgan fingerprint density at radius 2 is 1.60 bits per heavy atom. The molecule has 0 aromatic rings. The lowest BCUT2D eigenvalue weighted by Crippen LogP contribution is -2.23. The van der Waals surface area contributed by atoms with Crippen molar-refractivity contribution in [1.82, 2.24) is 5.32 Å². The molecule has 0 amide bonds. The van der Waals surface area contributed by atoms with Gasteiger partial charge in [-0.05, 0) is 19.4 Å². The predicted molar refractivity (Wildman–Crippen MR) is 68.8 cm³/mol. The molecule has 0 radical (unpaired) electrons. The van der Waals surface area contributed by atoms with Crippen molar-refractivity contribution < 1.29 is 0 Å². The minimum atomic E-state index is 0.528. The van der Waals surface area contributed by atoms with E-state index in [0.29, 0.717) is 12.0 Å². The van der Waals surface area contributed by atoms with Crippen LogP contribution in [0.4, 0.5) is 0 Å². The third-order valence-electron chi connectivity index (χ3n) is 2.17. The lowest BCUT2D eigenvalue weighted by Gasteiger charge is -2.06. The van der Waals surface area contributed by atoms with Gasteiger partial charge < -0.3 is 5.32 Å². The summed E-state index contributed by atoms with van der Waals surface area (Å²) in [6.07, 6.45) is 6.31. The van der Waals surface area contributed by atoms with Crippen LogP contribution in [0.3, 0.4) is 0 Å². The van der Waals surface area contributed by atoms with E-state index < -0.39 is 0 Å².